The number of nitrogens with one attached hydrogen (secondary N) is 1. The molecule has 2 heterocycles. The van der Waals surface area contributed by atoms with Gasteiger partial charge >= 0.3 is 0 Å². The first-order valence-corrected chi connectivity index (χ1v) is 10.8. The topological polar surface area (TPSA) is 67.2 Å². The maximum atomic E-state index is 12.4. The quantitative estimate of drug-likeness (QED) is 0.781. The Labute approximate surface area is 160 Å². The molecule has 26 heavy (non-hydrogen) atoms. The Morgan fingerprint density at radius 2 is 2.00 bits per heavy atom. The molecule has 142 valence electrons. The van der Waals surface area contributed by atoms with Crippen LogP contribution in [0.5, 0.6) is 0 Å². The van der Waals surface area contributed by atoms with E-state index < -0.39 is 10.0 Å². The van der Waals surface area contributed by atoms with Gasteiger partial charge in [-0.2, -0.15) is 5.10 Å². The van der Waals surface area contributed by atoms with Gasteiger partial charge in [0.15, 0.2) is 0 Å². The number of nitrogens with zero attached hydrogens (tertiary/aromatic N) is 3. The predicted molar refractivity (Wildman–Crippen MR) is 103 cm³/mol. The van der Waals surface area contributed by atoms with Crippen LogP contribution in [0.15, 0.2) is 41.6 Å². The van der Waals surface area contributed by atoms with Gasteiger partial charge in [-0.05, 0) is 50.4 Å². The Bertz CT molecular complexity index is 829. The lowest BCUT2D eigenvalue weighted by atomic mass is 9.97. The second-order valence-electron chi connectivity index (χ2n) is 6.69. The van der Waals surface area contributed by atoms with Crippen LogP contribution in [-0.4, -0.2) is 42.7 Å². The predicted octanol–water partition coefficient (Wildman–Crippen LogP) is 2.75. The van der Waals surface area contributed by atoms with Crippen molar-refractivity contribution in [2.24, 2.45) is 5.92 Å². The Hall–Kier alpha value is -1.41. The van der Waals surface area contributed by atoms with Gasteiger partial charge in [0.2, 0.25) is 10.0 Å². The highest BCUT2D eigenvalue weighted by atomic mass is 35.5. The zero-order valence-electron chi connectivity index (χ0n) is 14.9. The van der Waals surface area contributed by atoms with E-state index in [4.69, 9.17) is 11.6 Å². The highest BCUT2D eigenvalue weighted by Crippen LogP contribution is 2.22. The minimum absolute atomic E-state index is 0.232. The van der Waals surface area contributed by atoms with Crippen LogP contribution in [0, 0.1) is 5.92 Å². The minimum atomic E-state index is -3.48. The van der Waals surface area contributed by atoms with Crippen LogP contribution in [0.1, 0.15) is 25.3 Å². The number of halogens is 1. The highest BCUT2D eigenvalue weighted by Gasteiger charge is 2.23. The molecule has 3 rings (SSSR count). The van der Waals surface area contributed by atoms with Crippen molar-refractivity contribution >= 4 is 21.6 Å². The molecule has 0 radical (unpaired) electrons. The second-order valence-corrected chi connectivity index (χ2v) is 8.87. The molecular weight excluding hydrogens is 372 g/mol. The second kappa shape index (κ2) is 8.52. The molecule has 1 aromatic heterocycles. The standard InChI is InChI=1S/C18H25ClN4O2S/c1-2-23-14-17(12-20-23)26(24,25)21-11-15-7-9-22(10-8-15)13-16-5-3-4-6-18(16)19/h3-6,12,14-15,21H,2,7-11,13H2,1H3. The van der Waals surface area contributed by atoms with Crippen LogP contribution in [0.25, 0.3) is 0 Å². The van der Waals surface area contributed by atoms with Gasteiger partial charge in [0.05, 0.1) is 6.20 Å². The molecule has 0 amide bonds. The number of hydrogen-bond donors (Lipinski definition) is 1. The molecule has 1 aliphatic heterocycles. The molecule has 0 aliphatic carbocycles. The number of benzene rings is 1. The third kappa shape index (κ3) is 4.85. The lowest BCUT2D eigenvalue weighted by Gasteiger charge is -2.32. The number of aromatic nitrogens is 2. The van der Waals surface area contributed by atoms with E-state index in [2.05, 4.69) is 20.8 Å². The molecule has 6 nitrogen and oxygen atoms in total. The van der Waals surface area contributed by atoms with Crippen molar-refractivity contribution in [3.8, 4) is 0 Å². The summed E-state index contributed by atoms with van der Waals surface area (Å²) in [6.07, 6.45) is 4.91. The van der Waals surface area contributed by atoms with Crippen molar-refractivity contribution in [3.05, 3.63) is 47.2 Å². The van der Waals surface area contributed by atoms with Crippen molar-refractivity contribution in [2.45, 2.75) is 37.8 Å². The van der Waals surface area contributed by atoms with E-state index in [1.807, 2.05) is 25.1 Å². The first-order chi connectivity index (χ1) is 12.5. The van der Waals surface area contributed by atoms with Gasteiger partial charge in [-0.3, -0.25) is 9.58 Å². The van der Waals surface area contributed by atoms with E-state index in [0.29, 0.717) is 19.0 Å². The molecule has 1 aliphatic rings. The van der Waals surface area contributed by atoms with E-state index >= 15 is 0 Å². The first kappa shape index (κ1) is 19.4. The summed E-state index contributed by atoms with van der Waals surface area (Å²) in [5.74, 6) is 0.355. The average molecular weight is 397 g/mol. The summed E-state index contributed by atoms with van der Waals surface area (Å²) in [5.41, 5.74) is 1.14. The van der Waals surface area contributed by atoms with Crippen molar-refractivity contribution in [3.63, 3.8) is 0 Å². The van der Waals surface area contributed by atoms with Gasteiger partial charge < -0.3 is 0 Å². The lowest BCUT2D eigenvalue weighted by Crippen LogP contribution is -2.38. The summed E-state index contributed by atoms with van der Waals surface area (Å²) in [6, 6.07) is 7.91. The number of rotatable bonds is 7. The molecular formula is C18H25ClN4O2S. The summed E-state index contributed by atoms with van der Waals surface area (Å²) < 4.78 is 29.1. The maximum Gasteiger partial charge on any atom is 0.243 e. The smallest absolute Gasteiger partial charge is 0.243 e. The van der Waals surface area contributed by atoms with Gasteiger partial charge in [0, 0.05) is 30.9 Å². The number of piperidine rings is 1. The van der Waals surface area contributed by atoms with E-state index in [0.717, 1.165) is 43.1 Å². The van der Waals surface area contributed by atoms with Crippen molar-refractivity contribution in [1.82, 2.24) is 19.4 Å². The fourth-order valence-electron chi connectivity index (χ4n) is 3.18. The fraction of sp³-hybridized carbons (Fsp3) is 0.500. The molecule has 1 fully saturated rings. The van der Waals surface area contributed by atoms with Crippen LogP contribution < -0.4 is 4.72 Å². The zero-order chi connectivity index (χ0) is 18.6. The SMILES string of the molecule is CCn1cc(S(=O)(=O)NCC2CCN(Cc3ccccc3Cl)CC2)cn1. The summed E-state index contributed by atoms with van der Waals surface area (Å²) >= 11 is 6.23. The van der Waals surface area contributed by atoms with Crippen LogP contribution in [-0.2, 0) is 23.1 Å². The lowest BCUT2D eigenvalue weighted by molar-refractivity contribution is 0.178. The maximum absolute atomic E-state index is 12.4. The summed E-state index contributed by atoms with van der Waals surface area (Å²) in [6.45, 7) is 5.79. The Morgan fingerprint density at radius 1 is 1.27 bits per heavy atom. The number of aryl methyl sites for hydroxylation is 1. The van der Waals surface area contributed by atoms with Gasteiger partial charge in [-0.1, -0.05) is 29.8 Å². The largest absolute Gasteiger partial charge is 0.299 e. The van der Waals surface area contributed by atoms with Crippen LogP contribution in [0.3, 0.4) is 0 Å². The van der Waals surface area contributed by atoms with E-state index in [1.165, 1.54) is 6.20 Å². The molecule has 0 bridgehead atoms. The first-order valence-electron chi connectivity index (χ1n) is 8.96. The number of likely N-dealkylation sites (tertiary alicyclic amines) is 1. The van der Waals surface area contributed by atoms with Crippen molar-refractivity contribution in [1.29, 1.82) is 0 Å². The van der Waals surface area contributed by atoms with E-state index in [9.17, 15) is 8.42 Å². The molecule has 2 aromatic rings. The van der Waals surface area contributed by atoms with Gasteiger partial charge in [-0.25, -0.2) is 13.1 Å². The van der Waals surface area contributed by atoms with Crippen LogP contribution in [0.2, 0.25) is 5.02 Å². The van der Waals surface area contributed by atoms with E-state index in [1.54, 1.807) is 10.9 Å². The van der Waals surface area contributed by atoms with Crippen molar-refractivity contribution < 1.29 is 8.42 Å². The molecule has 1 aromatic carbocycles. The molecule has 8 heteroatoms. The van der Waals surface area contributed by atoms with Crippen LogP contribution >= 0.6 is 11.6 Å². The molecule has 1 saturated heterocycles. The Morgan fingerprint density at radius 3 is 2.65 bits per heavy atom. The number of hydrogen-bond acceptors (Lipinski definition) is 4. The summed E-state index contributed by atoms with van der Waals surface area (Å²) in [5, 5.41) is 4.83. The van der Waals surface area contributed by atoms with Crippen molar-refractivity contribution in [2.75, 3.05) is 19.6 Å². The molecule has 0 spiro atoms. The zero-order valence-corrected chi connectivity index (χ0v) is 16.5. The van der Waals surface area contributed by atoms with Gasteiger partial charge in [-0.15, -0.1) is 0 Å². The molecule has 0 atom stereocenters. The summed E-state index contributed by atoms with van der Waals surface area (Å²) in [4.78, 5) is 2.60. The molecule has 0 saturated carbocycles. The monoisotopic (exact) mass is 396 g/mol. The van der Waals surface area contributed by atoms with E-state index in [-0.39, 0.29) is 4.90 Å². The van der Waals surface area contributed by atoms with Gasteiger partial charge in [0.25, 0.3) is 0 Å². The fourth-order valence-corrected chi connectivity index (χ4v) is 4.45. The third-order valence-corrected chi connectivity index (χ3v) is 6.61. The molecule has 0 unspecified atom stereocenters. The Kier molecular flexibility index (Phi) is 6.34. The Balaban J connectivity index is 1.47. The van der Waals surface area contributed by atoms with Gasteiger partial charge in [0.1, 0.15) is 4.90 Å². The molecule has 1 N–H and O–H groups in total. The van der Waals surface area contributed by atoms with Crippen LogP contribution in [0.4, 0.5) is 0 Å². The highest BCUT2D eigenvalue weighted by molar-refractivity contribution is 7.89. The third-order valence-electron chi connectivity index (χ3n) is 4.86. The normalized spacial score (nSPS) is 16.8. The average Bonchev–Trinajstić information content (AvgIpc) is 3.13. The minimum Gasteiger partial charge on any atom is -0.299 e. The summed E-state index contributed by atoms with van der Waals surface area (Å²) in [7, 11) is -3.48. The number of sulfonamides is 1.